The summed E-state index contributed by atoms with van der Waals surface area (Å²) in [7, 11) is 0. The second kappa shape index (κ2) is 5.58. The molecule has 0 radical (unpaired) electrons. The molecule has 1 aromatic rings. The number of rotatable bonds is 3. The van der Waals surface area contributed by atoms with Gasteiger partial charge in [0, 0.05) is 24.3 Å². The molecule has 2 saturated heterocycles. The third-order valence-corrected chi connectivity index (χ3v) is 6.20. The zero-order valence-electron chi connectivity index (χ0n) is 11.5. The lowest BCUT2D eigenvalue weighted by Crippen LogP contribution is -2.44. The first-order valence-electron chi connectivity index (χ1n) is 6.98. The normalized spacial score (nSPS) is 31.2. The van der Waals surface area contributed by atoms with Crippen LogP contribution in [0, 0.1) is 0 Å². The van der Waals surface area contributed by atoms with Crippen LogP contribution in [0.4, 0.5) is 5.13 Å². The molecule has 2 fully saturated rings. The summed E-state index contributed by atoms with van der Waals surface area (Å²) in [5.41, 5.74) is 0.131. The molecular weight excluding hydrogens is 278 g/mol. The maximum atomic E-state index is 6.04. The summed E-state index contributed by atoms with van der Waals surface area (Å²) >= 11 is 3.70. The Morgan fingerprint density at radius 3 is 3.00 bits per heavy atom. The Morgan fingerprint density at radius 1 is 1.42 bits per heavy atom. The van der Waals surface area contributed by atoms with Crippen LogP contribution >= 0.6 is 23.1 Å². The quantitative estimate of drug-likeness (QED) is 0.929. The van der Waals surface area contributed by atoms with E-state index in [9.17, 15) is 0 Å². The first-order valence-corrected chi connectivity index (χ1v) is 8.96. The van der Waals surface area contributed by atoms with Gasteiger partial charge in [-0.1, -0.05) is 25.2 Å². The average molecular weight is 299 g/mol. The molecule has 0 amide bonds. The molecule has 0 aromatic carbocycles. The molecule has 3 rings (SSSR count). The van der Waals surface area contributed by atoms with E-state index in [0.29, 0.717) is 12.0 Å². The van der Waals surface area contributed by atoms with Gasteiger partial charge in [0.2, 0.25) is 5.13 Å². The fraction of sp³-hybridized carbons (Fsp3) is 0.846. The number of hydrogen-bond acceptors (Lipinski definition) is 6. The summed E-state index contributed by atoms with van der Waals surface area (Å²) < 4.78 is 6.04. The van der Waals surface area contributed by atoms with Gasteiger partial charge in [-0.2, -0.15) is 11.8 Å². The van der Waals surface area contributed by atoms with Crippen LogP contribution in [0.15, 0.2) is 0 Å². The van der Waals surface area contributed by atoms with E-state index in [0.717, 1.165) is 35.3 Å². The standard InChI is InChI=1S/C13H21N3OS2/c1-9(2)11-15-16-12(19-11)14-10-3-5-17-13(7-10)4-6-18-8-13/h9-10H,3-8H2,1-2H3,(H,14,16). The van der Waals surface area contributed by atoms with E-state index in [2.05, 4.69) is 29.4 Å². The van der Waals surface area contributed by atoms with Crippen molar-refractivity contribution < 1.29 is 4.74 Å². The van der Waals surface area contributed by atoms with Crippen molar-refractivity contribution in [3.05, 3.63) is 5.01 Å². The molecule has 2 atom stereocenters. The van der Waals surface area contributed by atoms with Gasteiger partial charge in [0.15, 0.2) is 0 Å². The van der Waals surface area contributed by atoms with Crippen molar-refractivity contribution in [3.63, 3.8) is 0 Å². The minimum absolute atomic E-state index is 0.131. The molecule has 1 spiro atoms. The largest absolute Gasteiger partial charge is 0.374 e. The van der Waals surface area contributed by atoms with E-state index < -0.39 is 0 Å². The van der Waals surface area contributed by atoms with Crippen molar-refractivity contribution in [2.24, 2.45) is 0 Å². The maximum absolute atomic E-state index is 6.04. The first-order chi connectivity index (χ1) is 9.17. The lowest BCUT2D eigenvalue weighted by molar-refractivity contribution is -0.0628. The monoisotopic (exact) mass is 299 g/mol. The molecule has 1 N–H and O–H groups in total. The van der Waals surface area contributed by atoms with Crippen molar-refractivity contribution in [3.8, 4) is 0 Å². The molecule has 1 aromatic heterocycles. The molecule has 4 nitrogen and oxygen atoms in total. The molecular formula is C13H21N3OS2. The van der Waals surface area contributed by atoms with Crippen LogP contribution < -0.4 is 5.32 Å². The molecule has 3 heterocycles. The lowest BCUT2D eigenvalue weighted by Gasteiger charge is -2.37. The number of nitrogens with zero attached hydrogens (tertiary/aromatic N) is 2. The Morgan fingerprint density at radius 2 is 2.32 bits per heavy atom. The van der Waals surface area contributed by atoms with Crippen molar-refractivity contribution in [1.29, 1.82) is 0 Å². The summed E-state index contributed by atoms with van der Waals surface area (Å²) in [5.74, 6) is 2.85. The van der Waals surface area contributed by atoms with E-state index in [-0.39, 0.29) is 5.60 Å². The highest BCUT2D eigenvalue weighted by Gasteiger charge is 2.40. The molecule has 0 saturated carbocycles. The molecule has 6 heteroatoms. The van der Waals surface area contributed by atoms with Gasteiger partial charge in [-0.25, -0.2) is 0 Å². The van der Waals surface area contributed by atoms with E-state index in [1.54, 1.807) is 11.3 Å². The van der Waals surface area contributed by atoms with E-state index >= 15 is 0 Å². The number of ether oxygens (including phenoxy) is 1. The maximum Gasteiger partial charge on any atom is 0.205 e. The Balaban J connectivity index is 1.62. The van der Waals surface area contributed by atoms with E-state index in [1.807, 2.05) is 11.8 Å². The van der Waals surface area contributed by atoms with Gasteiger partial charge >= 0.3 is 0 Å². The summed E-state index contributed by atoms with van der Waals surface area (Å²) in [4.78, 5) is 0. The van der Waals surface area contributed by atoms with Crippen LogP contribution in [-0.2, 0) is 4.74 Å². The Kier molecular flexibility index (Phi) is 4.01. The van der Waals surface area contributed by atoms with Gasteiger partial charge in [0.25, 0.3) is 0 Å². The Labute approximate surface area is 122 Å². The topological polar surface area (TPSA) is 47.0 Å². The van der Waals surface area contributed by atoms with Crippen molar-refractivity contribution in [2.45, 2.75) is 50.7 Å². The first kappa shape index (κ1) is 13.6. The number of anilines is 1. The highest BCUT2D eigenvalue weighted by Crippen LogP contribution is 2.39. The molecule has 2 aliphatic rings. The zero-order valence-corrected chi connectivity index (χ0v) is 13.1. The molecule has 106 valence electrons. The summed E-state index contributed by atoms with van der Waals surface area (Å²) in [6, 6.07) is 0.486. The second-order valence-corrected chi connectivity index (χ2v) is 7.88. The minimum Gasteiger partial charge on any atom is -0.374 e. The smallest absolute Gasteiger partial charge is 0.205 e. The van der Waals surface area contributed by atoms with E-state index in [4.69, 9.17) is 4.74 Å². The highest BCUT2D eigenvalue weighted by molar-refractivity contribution is 7.99. The number of thioether (sulfide) groups is 1. The van der Waals surface area contributed by atoms with Crippen LogP contribution in [0.3, 0.4) is 0 Å². The van der Waals surface area contributed by atoms with Crippen molar-refractivity contribution in [2.75, 3.05) is 23.4 Å². The summed E-state index contributed by atoms with van der Waals surface area (Å²) in [5, 5.41) is 14.1. The average Bonchev–Trinajstić information content (AvgIpc) is 3.00. The molecule has 2 unspecified atom stereocenters. The van der Waals surface area contributed by atoms with Crippen LogP contribution in [0.1, 0.15) is 44.0 Å². The van der Waals surface area contributed by atoms with Gasteiger partial charge in [0.05, 0.1) is 5.60 Å². The Hall–Kier alpha value is -0.330. The van der Waals surface area contributed by atoms with Gasteiger partial charge in [-0.3, -0.25) is 0 Å². The van der Waals surface area contributed by atoms with Gasteiger partial charge in [-0.15, -0.1) is 10.2 Å². The predicted molar refractivity (Wildman–Crippen MR) is 81.3 cm³/mol. The molecule has 19 heavy (non-hydrogen) atoms. The molecule has 0 bridgehead atoms. The number of hydrogen-bond donors (Lipinski definition) is 1. The third kappa shape index (κ3) is 3.06. The second-order valence-electron chi connectivity index (χ2n) is 5.77. The predicted octanol–water partition coefficient (Wildman–Crippen LogP) is 3.13. The van der Waals surface area contributed by atoms with Crippen molar-refractivity contribution >= 4 is 28.2 Å². The molecule has 2 aliphatic heterocycles. The minimum atomic E-state index is 0.131. The van der Waals surface area contributed by atoms with Crippen molar-refractivity contribution in [1.82, 2.24) is 10.2 Å². The van der Waals surface area contributed by atoms with Crippen LogP contribution in [0.5, 0.6) is 0 Å². The zero-order chi connectivity index (χ0) is 13.3. The summed E-state index contributed by atoms with van der Waals surface area (Å²) in [6.07, 6.45) is 3.38. The fourth-order valence-corrected chi connectivity index (χ4v) is 4.92. The van der Waals surface area contributed by atoms with E-state index in [1.165, 1.54) is 12.2 Å². The summed E-state index contributed by atoms with van der Waals surface area (Å²) in [6.45, 7) is 5.18. The lowest BCUT2D eigenvalue weighted by atomic mass is 9.90. The highest BCUT2D eigenvalue weighted by atomic mass is 32.2. The van der Waals surface area contributed by atoms with Gasteiger partial charge in [0.1, 0.15) is 5.01 Å². The van der Waals surface area contributed by atoms with Crippen LogP contribution in [0.25, 0.3) is 0 Å². The fourth-order valence-electron chi connectivity index (χ4n) is 2.72. The molecule has 0 aliphatic carbocycles. The SMILES string of the molecule is CC(C)c1nnc(NC2CCOC3(CCSC3)C2)s1. The van der Waals surface area contributed by atoms with Gasteiger partial charge < -0.3 is 10.1 Å². The van der Waals surface area contributed by atoms with Crippen LogP contribution in [0.2, 0.25) is 0 Å². The van der Waals surface area contributed by atoms with Gasteiger partial charge in [-0.05, 0) is 25.0 Å². The third-order valence-electron chi connectivity index (χ3n) is 3.82. The van der Waals surface area contributed by atoms with Crippen LogP contribution in [-0.4, -0.2) is 40.0 Å². The Bertz CT molecular complexity index is 429. The number of aromatic nitrogens is 2. The number of nitrogens with one attached hydrogen (secondary N) is 1.